The van der Waals surface area contributed by atoms with E-state index in [2.05, 4.69) is 40.4 Å². The van der Waals surface area contributed by atoms with Gasteiger partial charge in [0, 0.05) is 95.8 Å². The lowest BCUT2D eigenvalue weighted by Crippen LogP contribution is -2.47. The van der Waals surface area contributed by atoms with Crippen LogP contribution in [0, 0.1) is 0 Å². The summed E-state index contributed by atoms with van der Waals surface area (Å²) in [5.41, 5.74) is 6.90. The second-order valence-electron chi connectivity index (χ2n) is 8.59. The normalized spacial score (nSPS) is 16.2. The molecule has 194 valence electrons. The lowest BCUT2D eigenvalue weighted by atomic mass is 10.3. The van der Waals surface area contributed by atoms with Crippen LogP contribution >= 0.6 is 0 Å². The van der Waals surface area contributed by atoms with Gasteiger partial charge in [0.05, 0.1) is 25.2 Å². The van der Waals surface area contributed by atoms with Crippen molar-refractivity contribution in [2.45, 2.75) is 13.0 Å². The first-order chi connectivity index (χ1) is 17.6. The maximum Gasteiger partial charge on any atom is 0.254 e. The van der Waals surface area contributed by atoms with E-state index in [0.717, 1.165) is 57.9 Å². The van der Waals surface area contributed by atoms with Crippen LogP contribution in [0.2, 0.25) is 0 Å². The number of piperazine rings is 2. The molecule has 36 heavy (non-hydrogen) atoms. The third-order valence-electron chi connectivity index (χ3n) is 6.14. The van der Waals surface area contributed by atoms with Gasteiger partial charge in [-0.3, -0.25) is 9.59 Å². The zero-order chi connectivity index (χ0) is 25.2. The minimum atomic E-state index is -0.259. The highest BCUT2D eigenvalue weighted by atomic mass is 16.5. The molecular weight excluding hydrogens is 464 g/mol. The molecule has 2 aliphatic rings. The van der Waals surface area contributed by atoms with E-state index < -0.39 is 0 Å². The van der Waals surface area contributed by atoms with Gasteiger partial charge in [-0.25, -0.2) is 19.9 Å². The topological polar surface area (TPSA) is 155 Å². The molecule has 0 bridgehead atoms. The largest absolute Gasteiger partial charge is 0.379 e. The molecule has 13 nitrogen and oxygen atoms in total. The maximum atomic E-state index is 12.4. The number of carbonyl (C=O) groups is 2. The minimum Gasteiger partial charge on any atom is -0.379 e. The van der Waals surface area contributed by atoms with Gasteiger partial charge in [-0.1, -0.05) is 0 Å². The molecule has 2 saturated heterocycles. The van der Waals surface area contributed by atoms with E-state index in [0.29, 0.717) is 50.2 Å². The van der Waals surface area contributed by atoms with Gasteiger partial charge in [0.2, 0.25) is 17.8 Å². The SMILES string of the molecule is NCc1cnc(N2CCN(c3ncc(C(=O)NCCOCCC(=O)N4CCNCC4)cn3)CC2)nc1. The molecule has 2 aliphatic heterocycles. The number of hydrogen-bond acceptors (Lipinski definition) is 11. The van der Waals surface area contributed by atoms with E-state index in [1.165, 1.54) is 12.4 Å². The second-order valence-corrected chi connectivity index (χ2v) is 8.59. The van der Waals surface area contributed by atoms with Gasteiger partial charge in [0.25, 0.3) is 5.91 Å². The Bertz CT molecular complexity index is 975. The van der Waals surface area contributed by atoms with Gasteiger partial charge < -0.3 is 35.8 Å². The Balaban J connectivity index is 1.13. The molecule has 4 rings (SSSR count). The van der Waals surface area contributed by atoms with Crippen LogP contribution in [-0.4, -0.2) is 109 Å². The number of amides is 2. The lowest BCUT2D eigenvalue weighted by Gasteiger charge is -2.34. The summed E-state index contributed by atoms with van der Waals surface area (Å²) in [7, 11) is 0. The van der Waals surface area contributed by atoms with Crippen LogP contribution in [0.4, 0.5) is 11.9 Å². The standard InChI is InChI=1S/C23H34N10O3/c24-13-18-14-27-22(28-15-18)32-7-9-33(10-8-32)23-29-16-19(17-30-23)21(35)26-4-12-36-11-1-20(34)31-5-2-25-3-6-31/h14-17,25H,1-13,24H2,(H,26,35). The highest BCUT2D eigenvalue weighted by molar-refractivity contribution is 5.93. The number of carbonyl (C=O) groups excluding carboxylic acids is 2. The number of nitrogens with one attached hydrogen (secondary N) is 2. The predicted molar refractivity (Wildman–Crippen MR) is 134 cm³/mol. The Morgan fingerprint density at radius 1 is 0.889 bits per heavy atom. The summed E-state index contributed by atoms with van der Waals surface area (Å²) in [5, 5.41) is 6.01. The van der Waals surface area contributed by atoms with E-state index in [-0.39, 0.29) is 11.8 Å². The van der Waals surface area contributed by atoms with Crippen molar-refractivity contribution >= 4 is 23.7 Å². The molecular formula is C23H34N10O3. The highest BCUT2D eigenvalue weighted by Crippen LogP contribution is 2.15. The van der Waals surface area contributed by atoms with Crippen molar-refractivity contribution in [2.24, 2.45) is 5.73 Å². The summed E-state index contributed by atoms with van der Waals surface area (Å²) in [6.07, 6.45) is 6.93. The Morgan fingerprint density at radius 3 is 2.06 bits per heavy atom. The monoisotopic (exact) mass is 498 g/mol. The van der Waals surface area contributed by atoms with E-state index in [4.69, 9.17) is 10.5 Å². The van der Waals surface area contributed by atoms with Crippen molar-refractivity contribution in [3.63, 3.8) is 0 Å². The van der Waals surface area contributed by atoms with Gasteiger partial charge in [-0.15, -0.1) is 0 Å². The number of nitrogens with two attached hydrogens (primary N) is 1. The first-order valence-corrected chi connectivity index (χ1v) is 12.3. The highest BCUT2D eigenvalue weighted by Gasteiger charge is 2.21. The predicted octanol–water partition coefficient (Wildman–Crippen LogP) is -1.38. The molecule has 0 aromatic carbocycles. The fourth-order valence-electron chi connectivity index (χ4n) is 4.00. The fraction of sp³-hybridized carbons (Fsp3) is 0.565. The van der Waals surface area contributed by atoms with E-state index >= 15 is 0 Å². The summed E-state index contributed by atoms with van der Waals surface area (Å²) in [5.74, 6) is 1.12. The van der Waals surface area contributed by atoms with E-state index in [9.17, 15) is 9.59 Å². The van der Waals surface area contributed by atoms with Crippen molar-refractivity contribution in [3.8, 4) is 0 Å². The molecule has 0 saturated carbocycles. The lowest BCUT2D eigenvalue weighted by molar-refractivity contribution is -0.132. The van der Waals surface area contributed by atoms with Crippen molar-refractivity contribution in [2.75, 3.05) is 81.9 Å². The molecule has 2 amide bonds. The van der Waals surface area contributed by atoms with E-state index in [1.807, 2.05) is 4.90 Å². The Labute approximate surface area is 210 Å². The molecule has 2 fully saturated rings. The first kappa shape index (κ1) is 25.7. The van der Waals surface area contributed by atoms with Crippen LogP contribution in [0.5, 0.6) is 0 Å². The molecule has 4 heterocycles. The van der Waals surface area contributed by atoms with Crippen LogP contribution in [0.15, 0.2) is 24.8 Å². The van der Waals surface area contributed by atoms with Crippen LogP contribution in [-0.2, 0) is 16.1 Å². The molecule has 2 aromatic heterocycles. The van der Waals surface area contributed by atoms with Gasteiger partial charge >= 0.3 is 0 Å². The first-order valence-electron chi connectivity index (χ1n) is 12.3. The van der Waals surface area contributed by atoms with Crippen LogP contribution in [0.3, 0.4) is 0 Å². The molecule has 13 heteroatoms. The van der Waals surface area contributed by atoms with Crippen LogP contribution in [0.25, 0.3) is 0 Å². The van der Waals surface area contributed by atoms with Crippen molar-refractivity contribution in [1.82, 2.24) is 35.5 Å². The number of ether oxygens (including phenoxy) is 1. The van der Waals surface area contributed by atoms with Gasteiger partial charge in [-0.05, 0) is 0 Å². The third-order valence-corrected chi connectivity index (χ3v) is 6.14. The molecule has 0 aliphatic carbocycles. The molecule has 2 aromatic rings. The Morgan fingerprint density at radius 2 is 1.47 bits per heavy atom. The molecule has 0 spiro atoms. The maximum absolute atomic E-state index is 12.4. The summed E-state index contributed by atoms with van der Waals surface area (Å²) in [6.45, 7) is 7.53. The van der Waals surface area contributed by atoms with Crippen molar-refractivity contribution < 1.29 is 14.3 Å². The molecule has 0 radical (unpaired) electrons. The van der Waals surface area contributed by atoms with Gasteiger partial charge in [-0.2, -0.15) is 0 Å². The molecule has 0 atom stereocenters. The summed E-state index contributed by atoms with van der Waals surface area (Å²) in [6, 6.07) is 0. The number of hydrogen-bond donors (Lipinski definition) is 3. The average molecular weight is 499 g/mol. The van der Waals surface area contributed by atoms with Crippen molar-refractivity contribution in [1.29, 1.82) is 0 Å². The van der Waals surface area contributed by atoms with Crippen LogP contribution < -0.4 is 26.2 Å². The fourth-order valence-corrected chi connectivity index (χ4v) is 4.00. The minimum absolute atomic E-state index is 0.105. The van der Waals surface area contributed by atoms with Gasteiger partial charge in [0.1, 0.15) is 0 Å². The quantitative estimate of drug-likeness (QED) is 0.332. The van der Waals surface area contributed by atoms with Gasteiger partial charge in [0.15, 0.2) is 0 Å². The number of aromatic nitrogens is 4. The number of rotatable bonds is 10. The number of nitrogens with zero attached hydrogens (tertiary/aromatic N) is 7. The molecule has 4 N–H and O–H groups in total. The van der Waals surface area contributed by atoms with E-state index in [1.54, 1.807) is 12.4 Å². The summed E-state index contributed by atoms with van der Waals surface area (Å²) in [4.78, 5) is 48.0. The summed E-state index contributed by atoms with van der Waals surface area (Å²) < 4.78 is 5.50. The van der Waals surface area contributed by atoms with Crippen molar-refractivity contribution in [3.05, 3.63) is 35.9 Å². The smallest absolute Gasteiger partial charge is 0.254 e. The zero-order valence-electron chi connectivity index (χ0n) is 20.4. The number of anilines is 2. The average Bonchev–Trinajstić information content (AvgIpc) is 2.95. The Kier molecular flexibility index (Phi) is 9.30. The zero-order valence-corrected chi connectivity index (χ0v) is 20.4. The second kappa shape index (κ2) is 13.0. The molecule has 0 unspecified atom stereocenters. The third kappa shape index (κ3) is 7.06. The Hall–Kier alpha value is -3.42. The summed E-state index contributed by atoms with van der Waals surface area (Å²) >= 11 is 0. The van der Waals surface area contributed by atoms with Crippen LogP contribution in [0.1, 0.15) is 22.3 Å².